The summed E-state index contributed by atoms with van der Waals surface area (Å²) in [6.45, 7) is 0.208. The molecule has 0 fully saturated rings. The lowest BCUT2D eigenvalue weighted by Crippen LogP contribution is -2.15. The van der Waals surface area contributed by atoms with E-state index in [2.05, 4.69) is 5.32 Å². The molecule has 0 bridgehead atoms. The second kappa shape index (κ2) is 5.97. The Morgan fingerprint density at radius 3 is 2.64 bits per heavy atom. The maximum Gasteiger partial charge on any atom is 0.231 e. The number of hydrogen-bond acceptors (Lipinski definition) is 4. The second-order valence-electron chi connectivity index (χ2n) is 5.32. The van der Waals surface area contributed by atoms with E-state index in [1.54, 1.807) is 0 Å². The first-order chi connectivity index (χ1) is 10.6. The Morgan fingerprint density at radius 2 is 1.91 bits per heavy atom. The Bertz CT molecular complexity index is 681. The minimum atomic E-state index is -0.0819. The molecule has 0 saturated heterocycles. The predicted octanol–water partition coefficient (Wildman–Crippen LogP) is 2.66. The number of benzene rings is 2. The van der Waals surface area contributed by atoms with Gasteiger partial charge in [-0.05, 0) is 30.3 Å². The Hall–Kier alpha value is -2.69. The van der Waals surface area contributed by atoms with Gasteiger partial charge in [0.2, 0.25) is 12.7 Å². The van der Waals surface area contributed by atoms with E-state index in [9.17, 15) is 4.79 Å². The van der Waals surface area contributed by atoms with Gasteiger partial charge in [-0.3, -0.25) is 4.79 Å². The lowest BCUT2D eigenvalue weighted by atomic mass is 10.1. The van der Waals surface area contributed by atoms with Crippen LogP contribution in [0.3, 0.4) is 0 Å². The number of carbonyl (C=O) groups excluding carboxylic acids is 1. The van der Waals surface area contributed by atoms with Crippen LogP contribution in [0.2, 0.25) is 0 Å². The van der Waals surface area contributed by atoms with Crippen molar-refractivity contribution in [1.29, 1.82) is 0 Å². The zero-order chi connectivity index (χ0) is 15.5. The third kappa shape index (κ3) is 2.98. The van der Waals surface area contributed by atoms with Gasteiger partial charge in [0, 0.05) is 31.0 Å². The molecule has 0 atom stereocenters. The summed E-state index contributed by atoms with van der Waals surface area (Å²) in [5.74, 6) is 1.28. The first-order valence-electron chi connectivity index (χ1n) is 7.08. The summed E-state index contributed by atoms with van der Waals surface area (Å²) >= 11 is 0. The van der Waals surface area contributed by atoms with E-state index in [4.69, 9.17) is 9.47 Å². The number of amides is 1. The number of ether oxygens (including phenoxy) is 2. The van der Waals surface area contributed by atoms with E-state index in [-0.39, 0.29) is 19.1 Å². The quantitative estimate of drug-likeness (QED) is 0.943. The summed E-state index contributed by atoms with van der Waals surface area (Å²) in [7, 11) is 3.96. The molecule has 1 heterocycles. The van der Waals surface area contributed by atoms with Crippen LogP contribution in [0.4, 0.5) is 11.4 Å². The highest BCUT2D eigenvalue weighted by atomic mass is 16.7. The van der Waals surface area contributed by atoms with Crippen LogP contribution in [0.1, 0.15) is 5.56 Å². The molecule has 1 N–H and O–H groups in total. The summed E-state index contributed by atoms with van der Waals surface area (Å²) < 4.78 is 10.7. The number of hydrogen-bond donors (Lipinski definition) is 1. The molecule has 0 saturated carbocycles. The van der Waals surface area contributed by atoms with Crippen LogP contribution in [-0.2, 0) is 11.2 Å². The summed E-state index contributed by atoms with van der Waals surface area (Å²) in [5, 5.41) is 2.89. The van der Waals surface area contributed by atoms with Gasteiger partial charge in [0.05, 0.1) is 6.42 Å². The van der Waals surface area contributed by atoms with Gasteiger partial charge in [-0.1, -0.05) is 12.1 Å². The molecule has 5 nitrogen and oxygen atoms in total. The summed E-state index contributed by atoms with van der Waals surface area (Å²) in [6.07, 6.45) is 0.252. The van der Waals surface area contributed by atoms with Gasteiger partial charge >= 0.3 is 0 Å². The van der Waals surface area contributed by atoms with Crippen LogP contribution in [0.5, 0.6) is 11.5 Å². The van der Waals surface area contributed by atoms with Gasteiger partial charge in [-0.25, -0.2) is 0 Å². The van der Waals surface area contributed by atoms with E-state index in [0.717, 1.165) is 16.9 Å². The van der Waals surface area contributed by atoms with Crippen LogP contribution in [-0.4, -0.2) is 26.8 Å². The molecule has 5 heteroatoms. The van der Waals surface area contributed by atoms with Gasteiger partial charge in [0.1, 0.15) is 0 Å². The molecule has 1 aliphatic rings. The van der Waals surface area contributed by atoms with Gasteiger partial charge < -0.3 is 19.7 Å². The van der Waals surface area contributed by atoms with Crippen molar-refractivity contribution >= 4 is 17.3 Å². The maximum atomic E-state index is 12.2. The highest BCUT2D eigenvalue weighted by Gasteiger charge is 2.18. The Kier molecular flexibility index (Phi) is 3.87. The van der Waals surface area contributed by atoms with Crippen molar-refractivity contribution in [2.24, 2.45) is 0 Å². The molecular formula is C17H18N2O3. The van der Waals surface area contributed by atoms with Gasteiger partial charge in [0.25, 0.3) is 0 Å². The van der Waals surface area contributed by atoms with Crippen molar-refractivity contribution in [3.05, 3.63) is 48.0 Å². The molecule has 0 spiro atoms. The molecule has 0 aliphatic carbocycles. The van der Waals surface area contributed by atoms with Crippen molar-refractivity contribution < 1.29 is 14.3 Å². The van der Waals surface area contributed by atoms with Crippen LogP contribution in [0.15, 0.2) is 42.5 Å². The minimum Gasteiger partial charge on any atom is -0.454 e. The fourth-order valence-electron chi connectivity index (χ4n) is 2.35. The van der Waals surface area contributed by atoms with E-state index in [1.165, 1.54) is 0 Å². The average molecular weight is 298 g/mol. The molecule has 2 aromatic rings. The van der Waals surface area contributed by atoms with E-state index < -0.39 is 0 Å². The summed E-state index contributed by atoms with van der Waals surface area (Å²) in [5.41, 5.74) is 2.70. The monoisotopic (exact) mass is 298 g/mol. The van der Waals surface area contributed by atoms with Crippen LogP contribution in [0, 0.1) is 0 Å². The topological polar surface area (TPSA) is 50.8 Å². The fraction of sp³-hybridized carbons (Fsp3) is 0.235. The molecule has 2 aromatic carbocycles. The molecule has 1 amide bonds. The van der Waals surface area contributed by atoms with E-state index in [1.807, 2.05) is 61.5 Å². The Morgan fingerprint density at radius 1 is 1.14 bits per heavy atom. The largest absolute Gasteiger partial charge is 0.454 e. The smallest absolute Gasteiger partial charge is 0.231 e. The van der Waals surface area contributed by atoms with Crippen molar-refractivity contribution in [3.8, 4) is 11.5 Å². The average Bonchev–Trinajstić information content (AvgIpc) is 2.97. The Labute approximate surface area is 129 Å². The van der Waals surface area contributed by atoms with Gasteiger partial charge in [0.15, 0.2) is 11.5 Å². The van der Waals surface area contributed by atoms with Crippen molar-refractivity contribution in [3.63, 3.8) is 0 Å². The standard InChI is InChI=1S/C17H18N2O3/c1-19(2)14-8-6-13(7-9-14)18-16(20)10-12-4-3-5-15-17(12)22-11-21-15/h3-9H,10-11H2,1-2H3,(H,18,20). The van der Waals surface area contributed by atoms with Crippen molar-refractivity contribution in [1.82, 2.24) is 0 Å². The van der Waals surface area contributed by atoms with E-state index in [0.29, 0.717) is 11.5 Å². The SMILES string of the molecule is CN(C)c1ccc(NC(=O)Cc2cccc3c2OCO3)cc1. The normalized spacial score (nSPS) is 12.1. The van der Waals surface area contributed by atoms with Crippen molar-refractivity contribution in [2.75, 3.05) is 31.1 Å². The predicted molar refractivity (Wildman–Crippen MR) is 85.7 cm³/mol. The number of para-hydroxylation sites is 1. The first-order valence-corrected chi connectivity index (χ1v) is 7.08. The van der Waals surface area contributed by atoms with Gasteiger partial charge in [-0.2, -0.15) is 0 Å². The molecule has 22 heavy (non-hydrogen) atoms. The molecule has 0 unspecified atom stereocenters. The second-order valence-corrected chi connectivity index (χ2v) is 5.32. The summed E-state index contributed by atoms with van der Waals surface area (Å²) in [6, 6.07) is 13.3. The first kappa shape index (κ1) is 14.3. The molecule has 1 aliphatic heterocycles. The van der Waals surface area contributed by atoms with Crippen LogP contribution in [0.25, 0.3) is 0 Å². The highest BCUT2D eigenvalue weighted by Crippen LogP contribution is 2.35. The van der Waals surface area contributed by atoms with Crippen molar-refractivity contribution in [2.45, 2.75) is 6.42 Å². The van der Waals surface area contributed by atoms with Gasteiger partial charge in [-0.15, -0.1) is 0 Å². The maximum absolute atomic E-state index is 12.2. The lowest BCUT2D eigenvalue weighted by molar-refractivity contribution is -0.115. The molecule has 0 radical (unpaired) electrons. The fourth-order valence-corrected chi connectivity index (χ4v) is 2.35. The van der Waals surface area contributed by atoms with E-state index >= 15 is 0 Å². The van der Waals surface area contributed by atoms with Crippen LogP contribution < -0.4 is 19.7 Å². The number of anilines is 2. The number of nitrogens with one attached hydrogen (secondary N) is 1. The third-order valence-corrected chi connectivity index (χ3v) is 3.50. The number of rotatable bonds is 4. The molecule has 3 rings (SSSR count). The molecule has 114 valence electrons. The molecular weight excluding hydrogens is 280 g/mol. The molecule has 0 aromatic heterocycles. The summed E-state index contributed by atoms with van der Waals surface area (Å²) in [4.78, 5) is 14.2. The number of carbonyl (C=O) groups is 1. The number of fused-ring (bicyclic) bond motifs is 1. The zero-order valence-electron chi connectivity index (χ0n) is 12.6. The third-order valence-electron chi connectivity index (χ3n) is 3.50. The zero-order valence-corrected chi connectivity index (χ0v) is 12.6. The highest BCUT2D eigenvalue weighted by molar-refractivity contribution is 5.93. The van der Waals surface area contributed by atoms with Crippen LogP contribution >= 0.6 is 0 Å². The minimum absolute atomic E-state index is 0.0819. The Balaban J connectivity index is 1.67. The number of nitrogens with zero attached hydrogens (tertiary/aromatic N) is 1. The lowest BCUT2D eigenvalue weighted by Gasteiger charge is -2.13.